The van der Waals surface area contributed by atoms with E-state index in [2.05, 4.69) is 20.7 Å². The largest absolute Gasteiger partial charge is 0.479 e. The van der Waals surface area contributed by atoms with Crippen molar-refractivity contribution in [3.63, 3.8) is 0 Å². The molecule has 164 valence electrons. The molecule has 10 heteroatoms. The molecular weight excluding hydrogens is 401 g/mol. The van der Waals surface area contributed by atoms with Gasteiger partial charge in [0.2, 0.25) is 5.88 Å². The number of anilines is 3. The highest BCUT2D eigenvalue weighted by Gasteiger charge is 2.25. The van der Waals surface area contributed by atoms with Gasteiger partial charge in [-0.3, -0.25) is 9.48 Å². The quantitative estimate of drug-likeness (QED) is 0.475. The molecule has 31 heavy (non-hydrogen) atoms. The monoisotopic (exact) mass is 427 g/mol. The second-order valence-corrected chi connectivity index (χ2v) is 7.74. The van der Waals surface area contributed by atoms with E-state index in [0.29, 0.717) is 17.0 Å². The molecule has 1 aliphatic rings. The summed E-state index contributed by atoms with van der Waals surface area (Å²) in [5, 5.41) is 11.3. The van der Waals surface area contributed by atoms with Crippen molar-refractivity contribution in [3.05, 3.63) is 35.6 Å². The van der Waals surface area contributed by atoms with E-state index in [0.717, 1.165) is 37.3 Å². The zero-order valence-electron chi connectivity index (χ0n) is 17.5. The van der Waals surface area contributed by atoms with E-state index < -0.39 is 11.7 Å². The van der Waals surface area contributed by atoms with Crippen LogP contribution < -0.4 is 26.8 Å². The molecule has 2 heterocycles. The van der Waals surface area contributed by atoms with E-state index in [9.17, 15) is 9.18 Å². The van der Waals surface area contributed by atoms with Gasteiger partial charge in [-0.15, -0.1) is 5.10 Å². The molecule has 2 aromatic heterocycles. The number of aryl methyl sites for hydroxylation is 1. The number of pyridine rings is 1. The van der Waals surface area contributed by atoms with Crippen molar-refractivity contribution in [1.29, 1.82) is 0 Å². The molecule has 0 saturated heterocycles. The Labute approximate surface area is 178 Å². The second kappa shape index (κ2) is 8.38. The van der Waals surface area contributed by atoms with E-state index in [1.54, 1.807) is 17.8 Å². The summed E-state index contributed by atoms with van der Waals surface area (Å²) >= 11 is 0. The van der Waals surface area contributed by atoms with Gasteiger partial charge in [0.25, 0.3) is 5.91 Å². The van der Waals surface area contributed by atoms with E-state index in [4.69, 9.17) is 16.2 Å². The van der Waals surface area contributed by atoms with Gasteiger partial charge in [0.1, 0.15) is 5.82 Å². The molecule has 2 atom stereocenters. The van der Waals surface area contributed by atoms with Crippen LogP contribution in [0.2, 0.25) is 0 Å². The number of carbonyl (C=O) groups excluding carboxylic acids is 1. The van der Waals surface area contributed by atoms with Crippen molar-refractivity contribution in [2.45, 2.75) is 37.8 Å². The number of nitrogens with zero attached hydrogens (tertiary/aromatic N) is 3. The van der Waals surface area contributed by atoms with Crippen LogP contribution in [0.15, 0.2) is 24.3 Å². The lowest BCUT2D eigenvalue weighted by Gasteiger charge is -2.30. The average molecular weight is 427 g/mol. The highest BCUT2D eigenvalue weighted by molar-refractivity contribution is 6.02. The predicted molar refractivity (Wildman–Crippen MR) is 117 cm³/mol. The molecule has 9 nitrogen and oxygen atoms in total. The van der Waals surface area contributed by atoms with Crippen molar-refractivity contribution in [2.24, 2.45) is 18.5 Å². The molecule has 1 fully saturated rings. The number of ether oxygens (including phenoxy) is 1. The Morgan fingerprint density at radius 3 is 2.77 bits per heavy atom. The summed E-state index contributed by atoms with van der Waals surface area (Å²) in [6, 6.07) is 6.43. The number of hydrogen-bond acceptors (Lipinski definition) is 7. The van der Waals surface area contributed by atoms with Crippen LogP contribution in [0.3, 0.4) is 0 Å². The van der Waals surface area contributed by atoms with Crippen LogP contribution >= 0.6 is 0 Å². The fourth-order valence-electron chi connectivity index (χ4n) is 4.04. The number of methoxy groups -OCH3 is 1. The topological polar surface area (TPSA) is 133 Å². The molecule has 0 unspecified atom stereocenters. The zero-order chi connectivity index (χ0) is 22.1. The van der Waals surface area contributed by atoms with Crippen molar-refractivity contribution in [3.8, 4) is 5.88 Å². The highest BCUT2D eigenvalue weighted by atomic mass is 19.1. The van der Waals surface area contributed by atoms with E-state index in [1.807, 2.05) is 12.1 Å². The van der Waals surface area contributed by atoms with E-state index >= 15 is 0 Å². The van der Waals surface area contributed by atoms with Gasteiger partial charge in [-0.05, 0) is 31.0 Å². The first-order chi connectivity index (χ1) is 14.9. The number of aromatic nitrogens is 3. The lowest BCUT2D eigenvalue weighted by molar-refractivity contribution is 0.100. The third kappa shape index (κ3) is 3.98. The lowest BCUT2D eigenvalue weighted by atomic mass is 9.91. The Hall–Kier alpha value is -3.40. The standard InChI is InChI=1S/C21H26FN7O2/c1-29-16-9-5-8-15(17(16)21(28-29)31-2)26-19-11(18(24)30)10-12(22)20(27-19)25-14-7-4-3-6-13(14)23/h5,8-10,13-14H,3-4,6-7,23H2,1-2H3,(H2,24,30)(H2,25,26,27)/t13-,14+/m0/s1. The SMILES string of the molecule is COc1nn(C)c2cccc(Nc3nc(N[C@@H]4CCCC[C@@H]4N)c(F)cc3C(N)=O)c12. The van der Waals surface area contributed by atoms with Gasteiger partial charge in [0.15, 0.2) is 11.6 Å². The minimum absolute atomic E-state index is 0.0279. The Kier molecular flexibility index (Phi) is 5.64. The van der Waals surface area contributed by atoms with Crippen molar-refractivity contribution in [1.82, 2.24) is 14.8 Å². The van der Waals surface area contributed by atoms with Crippen LogP contribution in [-0.2, 0) is 7.05 Å². The molecule has 4 rings (SSSR count). The zero-order valence-corrected chi connectivity index (χ0v) is 17.5. The second-order valence-electron chi connectivity index (χ2n) is 7.74. The summed E-state index contributed by atoms with van der Waals surface area (Å²) in [6.07, 6.45) is 3.77. The Morgan fingerprint density at radius 1 is 1.29 bits per heavy atom. The maximum atomic E-state index is 14.8. The number of halogens is 1. The Morgan fingerprint density at radius 2 is 2.06 bits per heavy atom. The van der Waals surface area contributed by atoms with Gasteiger partial charge < -0.3 is 26.8 Å². The lowest BCUT2D eigenvalue weighted by Crippen LogP contribution is -2.43. The van der Waals surface area contributed by atoms with Crippen molar-refractivity contribution < 1.29 is 13.9 Å². The summed E-state index contributed by atoms with van der Waals surface area (Å²) < 4.78 is 21.8. The first-order valence-corrected chi connectivity index (χ1v) is 10.2. The van der Waals surface area contributed by atoms with Crippen LogP contribution in [0.5, 0.6) is 5.88 Å². The third-order valence-corrected chi connectivity index (χ3v) is 5.68. The van der Waals surface area contributed by atoms with Gasteiger partial charge in [0.05, 0.1) is 29.3 Å². The molecule has 1 aromatic carbocycles. The minimum Gasteiger partial charge on any atom is -0.479 e. The summed E-state index contributed by atoms with van der Waals surface area (Å²) in [4.78, 5) is 16.4. The van der Waals surface area contributed by atoms with Gasteiger partial charge >= 0.3 is 0 Å². The number of primary amides is 1. The Balaban J connectivity index is 1.75. The van der Waals surface area contributed by atoms with E-state index in [1.165, 1.54) is 7.11 Å². The van der Waals surface area contributed by atoms with Crippen LogP contribution in [0.1, 0.15) is 36.0 Å². The van der Waals surface area contributed by atoms with Crippen LogP contribution in [0.25, 0.3) is 10.9 Å². The molecule has 1 aliphatic carbocycles. The normalized spacial score (nSPS) is 18.7. The maximum absolute atomic E-state index is 14.8. The molecule has 6 N–H and O–H groups in total. The summed E-state index contributed by atoms with van der Waals surface area (Å²) in [5.74, 6) is -0.872. The molecule has 0 radical (unpaired) electrons. The molecule has 1 saturated carbocycles. The minimum atomic E-state index is -0.792. The number of carbonyl (C=O) groups is 1. The molecule has 0 spiro atoms. The predicted octanol–water partition coefficient (Wildman–Crippen LogP) is 2.64. The Bertz CT molecular complexity index is 1130. The molecule has 0 bridgehead atoms. The van der Waals surface area contributed by atoms with Crippen molar-refractivity contribution >= 4 is 34.1 Å². The summed E-state index contributed by atoms with van der Waals surface area (Å²) in [5.41, 5.74) is 13.0. The van der Waals surface area contributed by atoms with E-state index in [-0.39, 0.29) is 29.3 Å². The fraction of sp³-hybridized carbons (Fsp3) is 0.381. The summed E-state index contributed by atoms with van der Waals surface area (Å²) in [7, 11) is 3.33. The number of amides is 1. The number of nitrogens with two attached hydrogens (primary N) is 2. The number of nitrogens with one attached hydrogen (secondary N) is 2. The van der Waals surface area contributed by atoms with Gasteiger partial charge in [0, 0.05) is 19.1 Å². The third-order valence-electron chi connectivity index (χ3n) is 5.68. The number of hydrogen-bond donors (Lipinski definition) is 4. The molecule has 3 aromatic rings. The van der Waals surface area contributed by atoms with Gasteiger partial charge in [-0.25, -0.2) is 9.37 Å². The number of fused-ring (bicyclic) bond motifs is 1. The smallest absolute Gasteiger partial charge is 0.252 e. The van der Waals surface area contributed by atoms with Crippen LogP contribution in [0.4, 0.5) is 21.7 Å². The fourth-order valence-corrected chi connectivity index (χ4v) is 4.04. The van der Waals surface area contributed by atoms with Gasteiger partial charge in [-0.1, -0.05) is 18.9 Å². The number of benzene rings is 1. The van der Waals surface area contributed by atoms with Gasteiger partial charge in [-0.2, -0.15) is 0 Å². The molecular formula is C21H26FN7O2. The highest BCUT2D eigenvalue weighted by Crippen LogP contribution is 2.34. The van der Waals surface area contributed by atoms with Crippen molar-refractivity contribution in [2.75, 3.05) is 17.7 Å². The van der Waals surface area contributed by atoms with Crippen LogP contribution in [-0.4, -0.2) is 39.9 Å². The maximum Gasteiger partial charge on any atom is 0.252 e. The average Bonchev–Trinajstić information content (AvgIpc) is 3.08. The summed E-state index contributed by atoms with van der Waals surface area (Å²) in [6.45, 7) is 0. The molecule has 0 aliphatic heterocycles. The molecule has 1 amide bonds. The first kappa shape index (κ1) is 20.9. The van der Waals surface area contributed by atoms with Crippen LogP contribution in [0, 0.1) is 5.82 Å². The number of rotatable bonds is 6. The first-order valence-electron chi connectivity index (χ1n) is 10.2.